The van der Waals surface area contributed by atoms with Crippen LogP contribution in [-0.2, 0) is 9.47 Å². The lowest BCUT2D eigenvalue weighted by Crippen LogP contribution is -2.33. The average Bonchev–Trinajstić information content (AvgIpc) is 2.62. The van der Waals surface area contributed by atoms with Crippen LogP contribution in [0.4, 0.5) is 0 Å². The summed E-state index contributed by atoms with van der Waals surface area (Å²) in [6, 6.07) is 0. The highest BCUT2D eigenvalue weighted by atomic mass is 16.7. The third-order valence-electron chi connectivity index (χ3n) is 5.37. The lowest BCUT2D eigenvalue weighted by molar-refractivity contribution is -0.147. The monoisotopic (exact) mass is 222 g/mol. The van der Waals surface area contributed by atoms with E-state index in [0.717, 1.165) is 11.8 Å². The van der Waals surface area contributed by atoms with Gasteiger partial charge in [0.1, 0.15) is 0 Å². The van der Waals surface area contributed by atoms with Crippen molar-refractivity contribution in [2.75, 3.05) is 7.11 Å². The minimum absolute atomic E-state index is 0.0420. The van der Waals surface area contributed by atoms with E-state index < -0.39 is 0 Å². The maximum Gasteiger partial charge on any atom is 0.180 e. The van der Waals surface area contributed by atoms with Crippen LogP contribution in [-0.4, -0.2) is 19.0 Å². The van der Waals surface area contributed by atoms with Crippen LogP contribution >= 0.6 is 0 Å². The topological polar surface area (TPSA) is 18.5 Å². The molecule has 0 bridgehead atoms. The molecule has 0 radical (unpaired) electrons. The van der Waals surface area contributed by atoms with Crippen molar-refractivity contribution in [3.05, 3.63) is 11.1 Å². The molecule has 0 aromatic heterocycles. The van der Waals surface area contributed by atoms with E-state index in [1.165, 1.54) is 24.0 Å². The minimum Gasteiger partial charge on any atom is -0.352 e. The largest absolute Gasteiger partial charge is 0.352 e. The quantitative estimate of drug-likeness (QED) is 0.635. The number of hydrogen-bond acceptors (Lipinski definition) is 2. The van der Waals surface area contributed by atoms with Gasteiger partial charge < -0.3 is 9.47 Å². The molecular weight excluding hydrogens is 200 g/mol. The molecule has 0 N–H and O–H groups in total. The zero-order chi connectivity index (χ0) is 11.7. The second kappa shape index (κ2) is 2.91. The molecule has 2 nitrogen and oxygen atoms in total. The third kappa shape index (κ3) is 1.15. The van der Waals surface area contributed by atoms with Crippen molar-refractivity contribution in [3.8, 4) is 0 Å². The maximum atomic E-state index is 6.11. The molecule has 1 unspecified atom stereocenters. The smallest absolute Gasteiger partial charge is 0.180 e. The first-order valence-electron chi connectivity index (χ1n) is 6.31. The zero-order valence-electron chi connectivity index (χ0n) is 11.0. The summed E-state index contributed by atoms with van der Waals surface area (Å²) < 4.78 is 11.5. The Hall–Kier alpha value is -0.340. The summed E-state index contributed by atoms with van der Waals surface area (Å²) in [6.45, 7) is 9.22. The van der Waals surface area contributed by atoms with Crippen LogP contribution in [0, 0.1) is 17.3 Å². The van der Waals surface area contributed by atoms with Gasteiger partial charge in [0, 0.05) is 7.11 Å². The normalized spacial score (nSPS) is 48.9. The van der Waals surface area contributed by atoms with Crippen LogP contribution in [0.5, 0.6) is 0 Å². The standard InChI is InChI=1S/C14H22O2/c1-8-9-6-10-11(13(10,2)3)7-14(9,4)16-12(8)15-5/h10-12H,6-7H2,1-5H3/t10-,11+,12?,14-/m0/s1. The van der Waals surface area contributed by atoms with Crippen molar-refractivity contribution >= 4 is 0 Å². The Labute approximate surface area is 98.0 Å². The predicted molar refractivity (Wildman–Crippen MR) is 63.0 cm³/mol. The van der Waals surface area contributed by atoms with Crippen LogP contribution in [0.1, 0.15) is 40.5 Å². The lowest BCUT2D eigenvalue weighted by atomic mass is 9.81. The van der Waals surface area contributed by atoms with Crippen LogP contribution in [0.3, 0.4) is 0 Å². The fraction of sp³-hybridized carbons (Fsp3) is 0.857. The summed E-state index contributed by atoms with van der Waals surface area (Å²) >= 11 is 0. The predicted octanol–water partition coefficient (Wildman–Crippen LogP) is 3.13. The first-order valence-corrected chi connectivity index (χ1v) is 6.31. The third-order valence-corrected chi connectivity index (χ3v) is 5.37. The number of hydrogen-bond donors (Lipinski definition) is 0. The van der Waals surface area contributed by atoms with Gasteiger partial charge in [0.25, 0.3) is 0 Å². The van der Waals surface area contributed by atoms with Crippen LogP contribution in [0.2, 0.25) is 0 Å². The van der Waals surface area contributed by atoms with E-state index in [1.807, 2.05) is 0 Å². The molecule has 1 aliphatic heterocycles. The summed E-state index contributed by atoms with van der Waals surface area (Å²) in [4.78, 5) is 0. The van der Waals surface area contributed by atoms with Gasteiger partial charge in [-0.05, 0) is 55.1 Å². The highest BCUT2D eigenvalue weighted by molar-refractivity contribution is 5.35. The molecule has 0 amide bonds. The van der Waals surface area contributed by atoms with Crippen molar-refractivity contribution in [3.63, 3.8) is 0 Å². The average molecular weight is 222 g/mol. The molecule has 2 heteroatoms. The van der Waals surface area contributed by atoms with Crippen LogP contribution in [0.25, 0.3) is 0 Å². The number of fused-ring (bicyclic) bond motifs is 2. The molecule has 0 spiro atoms. The van der Waals surface area contributed by atoms with Crippen molar-refractivity contribution < 1.29 is 9.47 Å². The maximum absolute atomic E-state index is 6.11. The molecule has 2 saturated carbocycles. The summed E-state index contributed by atoms with van der Waals surface area (Å²) in [5.74, 6) is 1.73. The van der Waals surface area contributed by atoms with Crippen LogP contribution in [0.15, 0.2) is 11.1 Å². The Morgan fingerprint density at radius 3 is 2.56 bits per heavy atom. The first kappa shape index (κ1) is 10.8. The van der Waals surface area contributed by atoms with Crippen molar-refractivity contribution in [2.24, 2.45) is 17.3 Å². The first-order chi connectivity index (χ1) is 7.40. The second-order valence-electron chi connectivity index (χ2n) is 6.52. The zero-order valence-corrected chi connectivity index (χ0v) is 11.0. The van der Waals surface area contributed by atoms with E-state index in [2.05, 4.69) is 27.7 Å². The van der Waals surface area contributed by atoms with E-state index in [9.17, 15) is 0 Å². The Balaban J connectivity index is 1.94. The van der Waals surface area contributed by atoms with Crippen molar-refractivity contribution in [1.82, 2.24) is 0 Å². The molecule has 90 valence electrons. The molecule has 0 aromatic rings. The summed E-state index contributed by atoms with van der Waals surface area (Å²) in [7, 11) is 1.74. The number of ether oxygens (including phenoxy) is 2. The molecule has 16 heavy (non-hydrogen) atoms. The Bertz CT molecular complexity index is 369. The van der Waals surface area contributed by atoms with E-state index in [4.69, 9.17) is 9.47 Å². The van der Waals surface area contributed by atoms with Gasteiger partial charge in [0.05, 0.1) is 5.60 Å². The fourth-order valence-electron chi connectivity index (χ4n) is 4.04. The molecule has 3 aliphatic rings. The molecule has 2 fully saturated rings. The van der Waals surface area contributed by atoms with Gasteiger partial charge in [-0.25, -0.2) is 0 Å². The van der Waals surface area contributed by atoms with Crippen molar-refractivity contribution in [2.45, 2.75) is 52.4 Å². The molecule has 0 aromatic carbocycles. The fourth-order valence-corrected chi connectivity index (χ4v) is 4.04. The van der Waals surface area contributed by atoms with Gasteiger partial charge in [-0.1, -0.05) is 13.8 Å². The van der Waals surface area contributed by atoms with E-state index >= 15 is 0 Å². The molecule has 1 heterocycles. The molecule has 3 rings (SSSR count). The number of rotatable bonds is 1. The summed E-state index contributed by atoms with van der Waals surface area (Å²) in [5, 5.41) is 0. The summed E-state index contributed by atoms with van der Waals surface area (Å²) in [6.07, 6.45) is 2.30. The van der Waals surface area contributed by atoms with Gasteiger partial charge in [0.2, 0.25) is 0 Å². The minimum atomic E-state index is -0.0967. The molecular formula is C14H22O2. The van der Waals surface area contributed by atoms with E-state index in [1.54, 1.807) is 7.11 Å². The Kier molecular flexibility index (Phi) is 1.96. The van der Waals surface area contributed by atoms with Gasteiger partial charge in [0.15, 0.2) is 6.29 Å². The van der Waals surface area contributed by atoms with E-state index in [-0.39, 0.29) is 11.9 Å². The van der Waals surface area contributed by atoms with Crippen LogP contribution < -0.4 is 0 Å². The Morgan fingerprint density at radius 1 is 1.25 bits per heavy atom. The second-order valence-corrected chi connectivity index (χ2v) is 6.52. The number of methoxy groups -OCH3 is 1. The highest BCUT2D eigenvalue weighted by Crippen LogP contribution is 2.69. The lowest BCUT2D eigenvalue weighted by Gasteiger charge is -2.31. The van der Waals surface area contributed by atoms with Gasteiger partial charge >= 0.3 is 0 Å². The van der Waals surface area contributed by atoms with Gasteiger partial charge in [-0.2, -0.15) is 0 Å². The molecule has 0 saturated heterocycles. The van der Waals surface area contributed by atoms with E-state index in [0.29, 0.717) is 5.41 Å². The highest BCUT2D eigenvalue weighted by Gasteiger charge is 2.64. The molecule has 2 aliphatic carbocycles. The summed E-state index contributed by atoms with van der Waals surface area (Å²) in [5.41, 5.74) is 3.34. The SMILES string of the molecule is COC1O[C@@]2(C)C[C@@H]3[C@H](CC2=C1C)C3(C)C. The van der Waals surface area contributed by atoms with Gasteiger partial charge in [-0.3, -0.25) is 0 Å². The van der Waals surface area contributed by atoms with Crippen molar-refractivity contribution in [1.29, 1.82) is 0 Å². The van der Waals surface area contributed by atoms with Gasteiger partial charge in [-0.15, -0.1) is 0 Å². The Morgan fingerprint density at radius 2 is 1.94 bits per heavy atom. The molecule has 4 atom stereocenters.